The van der Waals surface area contributed by atoms with Crippen LogP contribution < -0.4 is 14.7 Å². The number of aromatic nitrogens is 2. The maximum Gasteiger partial charge on any atom is 0.230 e. The summed E-state index contributed by atoms with van der Waals surface area (Å²) in [6.45, 7) is 5.73. The molecule has 29 heavy (non-hydrogen) atoms. The van der Waals surface area contributed by atoms with Crippen molar-refractivity contribution in [3.8, 4) is 0 Å². The molecular formula is C22H27N5O2. The minimum atomic E-state index is 0.0953. The summed E-state index contributed by atoms with van der Waals surface area (Å²) in [6, 6.07) is 10.4. The monoisotopic (exact) mass is 393 g/mol. The van der Waals surface area contributed by atoms with Crippen molar-refractivity contribution in [1.82, 2.24) is 9.97 Å². The predicted octanol–water partition coefficient (Wildman–Crippen LogP) is 2.12. The summed E-state index contributed by atoms with van der Waals surface area (Å²) >= 11 is 0. The van der Waals surface area contributed by atoms with Crippen LogP contribution in [0.25, 0.3) is 0 Å². The van der Waals surface area contributed by atoms with Gasteiger partial charge in [0.25, 0.3) is 0 Å². The van der Waals surface area contributed by atoms with Gasteiger partial charge in [0.05, 0.1) is 13.2 Å². The summed E-state index contributed by atoms with van der Waals surface area (Å²) in [5.41, 5.74) is 2.39. The van der Waals surface area contributed by atoms with E-state index in [9.17, 15) is 4.79 Å². The van der Waals surface area contributed by atoms with E-state index in [0.29, 0.717) is 0 Å². The molecule has 0 aliphatic carbocycles. The highest BCUT2D eigenvalue weighted by atomic mass is 16.5. The Bertz CT molecular complexity index is 875. The second kappa shape index (κ2) is 7.99. The first-order chi connectivity index (χ1) is 14.3. The van der Waals surface area contributed by atoms with E-state index in [1.807, 2.05) is 11.0 Å². The van der Waals surface area contributed by atoms with Gasteiger partial charge < -0.3 is 19.4 Å². The maximum atomic E-state index is 13.1. The van der Waals surface area contributed by atoms with Gasteiger partial charge in [-0.1, -0.05) is 18.2 Å². The van der Waals surface area contributed by atoms with Crippen LogP contribution in [0.15, 0.2) is 36.7 Å². The van der Waals surface area contributed by atoms with E-state index in [-0.39, 0.29) is 11.8 Å². The lowest BCUT2D eigenvalue weighted by molar-refractivity contribution is -0.122. The third-order valence-corrected chi connectivity index (χ3v) is 6.29. The Kier molecular flexibility index (Phi) is 5.06. The number of para-hydroxylation sites is 1. The van der Waals surface area contributed by atoms with Gasteiger partial charge in [-0.25, -0.2) is 9.97 Å². The second-order valence-corrected chi connectivity index (χ2v) is 7.96. The number of benzene rings is 1. The fourth-order valence-corrected chi connectivity index (χ4v) is 4.62. The number of anilines is 3. The summed E-state index contributed by atoms with van der Waals surface area (Å²) in [7, 11) is 0. The Hall–Kier alpha value is -2.67. The Morgan fingerprint density at radius 3 is 2.38 bits per heavy atom. The highest BCUT2D eigenvalue weighted by molar-refractivity contribution is 5.97. The average molecular weight is 393 g/mol. The van der Waals surface area contributed by atoms with Crippen molar-refractivity contribution in [2.24, 2.45) is 5.92 Å². The molecule has 3 aliphatic heterocycles. The van der Waals surface area contributed by atoms with Crippen molar-refractivity contribution in [3.63, 3.8) is 0 Å². The van der Waals surface area contributed by atoms with Crippen LogP contribution in [0.1, 0.15) is 18.4 Å². The van der Waals surface area contributed by atoms with Crippen LogP contribution in [0.2, 0.25) is 0 Å². The number of rotatable bonds is 3. The number of hydrogen-bond donors (Lipinski definition) is 0. The fourth-order valence-electron chi connectivity index (χ4n) is 4.62. The van der Waals surface area contributed by atoms with Gasteiger partial charge >= 0.3 is 0 Å². The summed E-state index contributed by atoms with van der Waals surface area (Å²) in [4.78, 5) is 28.6. The van der Waals surface area contributed by atoms with Gasteiger partial charge in [-0.2, -0.15) is 0 Å². The number of fused-ring (bicyclic) bond motifs is 1. The van der Waals surface area contributed by atoms with Crippen LogP contribution in [0.3, 0.4) is 0 Å². The summed E-state index contributed by atoms with van der Waals surface area (Å²) in [5.74, 6) is 2.30. The molecule has 0 saturated carbocycles. The molecule has 0 N–H and O–H groups in total. The number of ether oxygens (including phenoxy) is 1. The molecule has 5 rings (SSSR count). The van der Waals surface area contributed by atoms with Gasteiger partial charge in [0, 0.05) is 50.4 Å². The highest BCUT2D eigenvalue weighted by Crippen LogP contribution is 2.32. The van der Waals surface area contributed by atoms with Crippen molar-refractivity contribution < 1.29 is 9.53 Å². The van der Waals surface area contributed by atoms with E-state index in [1.54, 1.807) is 6.33 Å². The van der Waals surface area contributed by atoms with Gasteiger partial charge in [-0.3, -0.25) is 4.79 Å². The molecule has 2 saturated heterocycles. The van der Waals surface area contributed by atoms with Crippen LogP contribution in [0, 0.1) is 5.92 Å². The zero-order valence-electron chi connectivity index (χ0n) is 16.7. The lowest BCUT2D eigenvalue weighted by Crippen LogP contribution is -2.42. The number of nitrogens with zero attached hydrogens (tertiary/aromatic N) is 5. The van der Waals surface area contributed by atoms with Crippen LogP contribution in [0.4, 0.5) is 17.3 Å². The molecule has 1 aromatic heterocycles. The molecule has 7 nitrogen and oxygen atoms in total. The smallest absolute Gasteiger partial charge is 0.230 e. The highest BCUT2D eigenvalue weighted by Gasteiger charge is 2.32. The van der Waals surface area contributed by atoms with Gasteiger partial charge in [-0.05, 0) is 30.9 Å². The number of carbonyl (C=O) groups excluding carboxylic acids is 1. The first-order valence-electron chi connectivity index (χ1n) is 10.6. The molecule has 0 radical (unpaired) electrons. The fraction of sp³-hybridized carbons (Fsp3) is 0.500. The molecule has 2 fully saturated rings. The molecule has 0 bridgehead atoms. The maximum absolute atomic E-state index is 13.1. The molecule has 7 heteroatoms. The summed E-state index contributed by atoms with van der Waals surface area (Å²) < 4.78 is 5.43. The van der Waals surface area contributed by atoms with Crippen molar-refractivity contribution in [1.29, 1.82) is 0 Å². The first-order valence-corrected chi connectivity index (χ1v) is 10.6. The molecule has 152 valence electrons. The Morgan fingerprint density at radius 2 is 1.62 bits per heavy atom. The Morgan fingerprint density at radius 1 is 0.931 bits per heavy atom. The van der Waals surface area contributed by atoms with Gasteiger partial charge in [0.2, 0.25) is 5.91 Å². The first kappa shape index (κ1) is 18.4. The summed E-state index contributed by atoms with van der Waals surface area (Å²) in [5, 5.41) is 0. The van der Waals surface area contributed by atoms with E-state index in [1.165, 1.54) is 5.56 Å². The lowest BCUT2D eigenvalue weighted by atomic mass is 9.95. The van der Waals surface area contributed by atoms with Gasteiger partial charge in [0.15, 0.2) is 0 Å². The number of morpholine rings is 1. The van der Waals surface area contributed by atoms with Crippen LogP contribution in [-0.4, -0.2) is 61.8 Å². The van der Waals surface area contributed by atoms with Crippen LogP contribution in [-0.2, 0) is 16.0 Å². The van der Waals surface area contributed by atoms with Gasteiger partial charge in [0.1, 0.15) is 18.0 Å². The largest absolute Gasteiger partial charge is 0.378 e. The number of carbonyl (C=O) groups is 1. The van der Waals surface area contributed by atoms with Crippen molar-refractivity contribution in [2.75, 3.05) is 60.6 Å². The van der Waals surface area contributed by atoms with E-state index >= 15 is 0 Å². The lowest BCUT2D eigenvalue weighted by Gasteiger charge is -2.34. The minimum absolute atomic E-state index is 0.0953. The van der Waals surface area contributed by atoms with Crippen molar-refractivity contribution in [3.05, 3.63) is 42.2 Å². The Balaban J connectivity index is 1.22. The minimum Gasteiger partial charge on any atom is -0.378 e. The molecule has 0 spiro atoms. The molecule has 1 aromatic carbocycles. The van der Waals surface area contributed by atoms with E-state index in [4.69, 9.17) is 4.74 Å². The molecule has 4 heterocycles. The second-order valence-electron chi connectivity index (χ2n) is 7.96. The van der Waals surface area contributed by atoms with E-state index in [2.05, 4.69) is 44.0 Å². The standard InChI is InChI=1S/C22H27N5O2/c28-22(27-10-7-17-3-1-2-4-19(17)27)18-5-8-25(9-6-18)20-15-21(24-16-23-20)26-11-13-29-14-12-26/h1-4,15-16,18H,5-14H2. The number of hydrogen-bond acceptors (Lipinski definition) is 6. The average Bonchev–Trinajstić information content (AvgIpc) is 3.24. The normalized spacial score (nSPS) is 20.1. The number of amides is 1. The van der Waals surface area contributed by atoms with Crippen LogP contribution in [0.5, 0.6) is 0 Å². The zero-order chi connectivity index (χ0) is 19.6. The van der Waals surface area contributed by atoms with Gasteiger partial charge in [-0.15, -0.1) is 0 Å². The third-order valence-electron chi connectivity index (χ3n) is 6.29. The van der Waals surface area contributed by atoms with E-state index < -0.39 is 0 Å². The molecule has 0 atom stereocenters. The molecular weight excluding hydrogens is 366 g/mol. The zero-order valence-corrected chi connectivity index (χ0v) is 16.7. The SMILES string of the molecule is O=C(C1CCN(c2cc(N3CCOCC3)ncn2)CC1)N1CCc2ccccc21. The predicted molar refractivity (Wildman–Crippen MR) is 113 cm³/mol. The molecule has 3 aliphatic rings. The molecule has 1 amide bonds. The Labute approximate surface area is 171 Å². The van der Waals surface area contributed by atoms with Crippen molar-refractivity contribution in [2.45, 2.75) is 19.3 Å². The van der Waals surface area contributed by atoms with Crippen LogP contribution >= 0.6 is 0 Å². The topological polar surface area (TPSA) is 61.8 Å². The summed E-state index contributed by atoms with van der Waals surface area (Å²) in [6.07, 6.45) is 4.35. The van der Waals surface area contributed by atoms with E-state index in [0.717, 1.165) is 82.5 Å². The third kappa shape index (κ3) is 3.67. The molecule has 0 unspecified atom stereocenters. The molecule has 2 aromatic rings. The quantitative estimate of drug-likeness (QED) is 0.796. The number of piperidine rings is 1. The van der Waals surface area contributed by atoms with Crippen molar-refractivity contribution >= 4 is 23.2 Å².